The van der Waals surface area contributed by atoms with Crippen molar-refractivity contribution in [1.82, 2.24) is 5.32 Å². The molecule has 0 heterocycles. The first-order valence-electron chi connectivity index (χ1n) is 8.24. The fourth-order valence-corrected chi connectivity index (χ4v) is 2.46. The molecule has 1 N–H and O–H groups in total. The SMILES string of the molecule is CCCNC(CCC)CCc1ccccc1OCCOC. The molecule has 0 spiro atoms. The van der Waals surface area contributed by atoms with Gasteiger partial charge in [0, 0.05) is 13.2 Å². The van der Waals surface area contributed by atoms with Crippen molar-refractivity contribution in [2.45, 2.75) is 52.0 Å². The van der Waals surface area contributed by atoms with Gasteiger partial charge in [-0.15, -0.1) is 0 Å². The van der Waals surface area contributed by atoms with Crippen LogP contribution in [0.4, 0.5) is 0 Å². The average Bonchev–Trinajstić information content (AvgIpc) is 2.51. The number of methoxy groups -OCH3 is 1. The van der Waals surface area contributed by atoms with Crippen LogP contribution < -0.4 is 10.1 Å². The summed E-state index contributed by atoms with van der Waals surface area (Å²) in [6.07, 6.45) is 5.89. The van der Waals surface area contributed by atoms with Gasteiger partial charge in [-0.25, -0.2) is 0 Å². The van der Waals surface area contributed by atoms with Crippen LogP contribution in [0.15, 0.2) is 24.3 Å². The summed E-state index contributed by atoms with van der Waals surface area (Å²) in [5.41, 5.74) is 1.30. The van der Waals surface area contributed by atoms with E-state index in [1.54, 1.807) is 7.11 Å². The molecule has 1 atom stereocenters. The molecule has 3 nitrogen and oxygen atoms in total. The third-order valence-electron chi connectivity index (χ3n) is 3.60. The molecule has 0 aliphatic heterocycles. The monoisotopic (exact) mass is 293 g/mol. The number of nitrogens with one attached hydrogen (secondary N) is 1. The van der Waals surface area contributed by atoms with Crippen LogP contribution in [0, 0.1) is 0 Å². The van der Waals surface area contributed by atoms with Gasteiger partial charge in [0.2, 0.25) is 0 Å². The van der Waals surface area contributed by atoms with Crippen molar-refractivity contribution >= 4 is 0 Å². The Bertz CT molecular complexity index is 368. The number of aryl methyl sites for hydroxylation is 1. The van der Waals surface area contributed by atoms with Crippen LogP contribution in [0.5, 0.6) is 5.75 Å². The van der Waals surface area contributed by atoms with Gasteiger partial charge in [-0.1, -0.05) is 38.5 Å². The molecule has 1 aromatic carbocycles. The van der Waals surface area contributed by atoms with Crippen molar-refractivity contribution in [3.05, 3.63) is 29.8 Å². The van der Waals surface area contributed by atoms with Crippen LogP contribution in [0.2, 0.25) is 0 Å². The van der Waals surface area contributed by atoms with Crippen LogP contribution in [0.25, 0.3) is 0 Å². The Morgan fingerprint density at radius 3 is 2.57 bits per heavy atom. The van der Waals surface area contributed by atoms with Gasteiger partial charge in [0.1, 0.15) is 12.4 Å². The molecule has 1 unspecified atom stereocenters. The Kier molecular flexibility index (Phi) is 9.92. The van der Waals surface area contributed by atoms with E-state index < -0.39 is 0 Å². The van der Waals surface area contributed by atoms with Crippen LogP contribution >= 0.6 is 0 Å². The second-order valence-corrected chi connectivity index (χ2v) is 5.43. The van der Waals surface area contributed by atoms with Gasteiger partial charge in [0.15, 0.2) is 0 Å². The van der Waals surface area contributed by atoms with Crippen LogP contribution in [0.3, 0.4) is 0 Å². The minimum Gasteiger partial charge on any atom is -0.491 e. The Morgan fingerprint density at radius 2 is 1.86 bits per heavy atom. The lowest BCUT2D eigenvalue weighted by atomic mass is 10.0. The maximum absolute atomic E-state index is 5.81. The largest absolute Gasteiger partial charge is 0.491 e. The summed E-state index contributed by atoms with van der Waals surface area (Å²) in [6, 6.07) is 8.96. The highest BCUT2D eigenvalue weighted by Gasteiger charge is 2.09. The topological polar surface area (TPSA) is 30.5 Å². The molecule has 0 amide bonds. The predicted octanol–water partition coefficient (Wildman–Crippen LogP) is 3.81. The molecule has 1 rings (SSSR count). The van der Waals surface area contributed by atoms with Gasteiger partial charge in [0.05, 0.1) is 6.61 Å². The first kappa shape index (κ1) is 18.0. The maximum atomic E-state index is 5.81. The zero-order valence-electron chi connectivity index (χ0n) is 13.9. The number of rotatable bonds is 12. The summed E-state index contributed by atoms with van der Waals surface area (Å²) in [6.45, 7) is 6.82. The zero-order chi connectivity index (χ0) is 15.3. The smallest absolute Gasteiger partial charge is 0.122 e. The summed E-state index contributed by atoms with van der Waals surface area (Å²) in [4.78, 5) is 0. The predicted molar refractivity (Wildman–Crippen MR) is 89.1 cm³/mol. The third kappa shape index (κ3) is 7.49. The van der Waals surface area contributed by atoms with E-state index in [0.29, 0.717) is 19.3 Å². The van der Waals surface area contributed by atoms with E-state index in [4.69, 9.17) is 9.47 Å². The number of para-hydroxylation sites is 1. The summed E-state index contributed by atoms with van der Waals surface area (Å²) >= 11 is 0. The number of ether oxygens (including phenoxy) is 2. The van der Waals surface area contributed by atoms with E-state index in [1.165, 1.54) is 31.2 Å². The molecule has 3 heteroatoms. The van der Waals surface area contributed by atoms with Crippen molar-refractivity contribution in [3.8, 4) is 5.75 Å². The average molecular weight is 293 g/mol. The number of hydrogen-bond acceptors (Lipinski definition) is 3. The van der Waals surface area contributed by atoms with E-state index in [0.717, 1.165) is 18.7 Å². The summed E-state index contributed by atoms with van der Waals surface area (Å²) in [5.74, 6) is 1.00. The lowest BCUT2D eigenvalue weighted by Crippen LogP contribution is -2.30. The fourth-order valence-electron chi connectivity index (χ4n) is 2.46. The minimum atomic E-state index is 0.611. The molecule has 120 valence electrons. The molecule has 1 aromatic rings. The van der Waals surface area contributed by atoms with Crippen LogP contribution in [0.1, 0.15) is 45.1 Å². The molecular formula is C18H31NO2. The Morgan fingerprint density at radius 1 is 1.05 bits per heavy atom. The lowest BCUT2D eigenvalue weighted by Gasteiger charge is -2.18. The summed E-state index contributed by atoms with van der Waals surface area (Å²) < 4.78 is 10.8. The normalized spacial score (nSPS) is 12.3. The van der Waals surface area contributed by atoms with Crippen LogP contribution in [-0.2, 0) is 11.2 Å². The molecule has 0 aliphatic carbocycles. The Hall–Kier alpha value is -1.06. The molecule has 0 saturated heterocycles. The Balaban J connectivity index is 2.51. The van der Waals surface area contributed by atoms with Crippen molar-refractivity contribution < 1.29 is 9.47 Å². The van der Waals surface area contributed by atoms with Gasteiger partial charge < -0.3 is 14.8 Å². The van der Waals surface area contributed by atoms with Crippen molar-refractivity contribution in [2.24, 2.45) is 0 Å². The van der Waals surface area contributed by atoms with Gasteiger partial charge in [0.25, 0.3) is 0 Å². The molecule has 0 aliphatic rings. The van der Waals surface area contributed by atoms with Crippen molar-refractivity contribution in [2.75, 3.05) is 26.9 Å². The van der Waals surface area contributed by atoms with E-state index in [1.807, 2.05) is 6.07 Å². The quantitative estimate of drug-likeness (QED) is 0.594. The summed E-state index contributed by atoms with van der Waals surface area (Å²) in [7, 11) is 1.70. The second-order valence-electron chi connectivity index (χ2n) is 5.43. The molecule has 0 bridgehead atoms. The minimum absolute atomic E-state index is 0.611. The third-order valence-corrected chi connectivity index (χ3v) is 3.60. The standard InChI is InChI=1S/C18H31NO2/c1-4-8-17(19-13-5-2)12-11-16-9-6-7-10-18(16)21-15-14-20-3/h6-7,9-10,17,19H,4-5,8,11-15H2,1-3H3. The van der Waals surface area contributed by atoms with Gasteiger partial charge >= 0.3 is 0 Å². The van der Waals surface area contributed by atoms with Gasteiger partial charge in [-0.2, -0.15) is 0 Å². The highest BCUT2D eigenvalue weighted by atomic mass is 16.5. The van der Waals surface area contributed by atoms with E-state index >= 15 is 0 Å². The molecular weight excluding hydrogens is 262 g/mol. The first-order chi connectivity index (χ1) is 10.3. The molecule has 0 aromatic heterocycles. The Labute approximate surface area is 130 Å². The van der Waals surface area contributed by atoms with E-state index in [2.05, 4.69) is 37.4 Å². The zero-order valence-corrected chi connectivity index (χ0v) is 13.9. The fraction of sp³-hybridized carbons (Fsp3) is 0.667. The molecule has 0 radical (unpaired) electrons. The van der Waals surface area contributed by atoms with E-state index in [-0.39, 0.29) is 0 Å². The lowest BCUT2D eigenvalue weighted by molar-refractivity contribution is 0.145. The second kappa shape index (κ2) is 11.6. The first-order valence-corrected chi connectivity index (χ1v) is 8.24. The number of hydrogen-bond donors (Lipinski definition) is 1. The van der Waals surface area contributed by atoms with Crippen LogP contribution in [-0.4, -0.2) is 32.9 Å². The maximum Gasteiger partial charge on any atom is 0.122 e. The molecule has 0 fully saturated rings. The van der Waals surface area contributed by atoms with Crippen molar-refractivity contribution in [3.63, 3.8) is 0 Å². The van der Waals surface area contributed by atoms with Gasteiger partial charge in [-0.3, -0.25) is 0 Å². The summed E-state index contributed by atoms with van der Waals surface area (Å²) in [5, 5.41) is 3.65. The van der Waals surface area contributed by atoms with E-state index in [9.17, 15) is 0 Å². The van der Waals surface area contributed by atoms with Crippen molar-refractivity contribution in [1.29, 1.82) is 0 Å². The highest BCUT2D eigenvalue weighted by molar-refractivity contribution is 5.33. The number of benzene rings is 1. The molecule has 21 heavy (non-hydrogen) atoms. The highest BCUT2D eigenvalue weighted by Crippen LogP contribution is 2.20. The molecule has 0 saturated carbocycles. The van der Waals surface area contributed by atoms with Gasteiger partial charge in [-0.05, 0) is 43.9 Å².